The minimum atomic E-state index is -0.459. The molecule has 1 heterocycles. The molecule has 2 aromatic carbocycles. The summed E-state index contributed by atoms with van der Waals surface area (Å²) >= 11 is 0. The molecular weight excluding hydrogens is 379 g/mol. The highest BCUT2D eigenvalue weighted by atomic mass is 19.1. The van der Waals surface area contributed by atoms with Crippen molar-refractivity contribution in [2.24, 2.45) is 0 Å². The number of hydrogen-bond donors (Lipinski definition) is 1. The first-order valence-corrected chi connectivity index (χ1v) is 10.2. The number of amides is 1. The first-order valence-electron chi connectivity index (χ1n) is 10.2. The van der Waals surface area contributed by atoms with Gasteiger partial charge in [-0.2, -0.15) is 0 Å². The lowest BCUT2D eigenvalue weighted by Gasteiger charge is -2.11. The Labute approximate surface area is 176 Å². The summed E-state index contributed by atoms with van der Waals surface area (Å²) in [6.45, 7) is 2.53. The summed E-state index contributed by atoms with van der Waals surface area (Å²) in [7, 11) is 0. The van der Waals surface area contributed by atoms with Gasteiger partial charge in [-0.1, -0.05) is 37.5 Å². The van der Waals surface area contributed by atoms with Gasteiger partial charge in [0.2, 0.25) is 0 Å². The van der Waals surface area contributed by atoms with Gasteiger partial charge in [0.1, 0.15) is 0 Å². The van der Waals surface area contributed by atoms with Crippen LogP contribution in [0.2, 0.25) is 0 Å². The number of fused-ring (bicyclic) bond motifs is 1. The second-order valence-electron chi connectivity index (χ2n) is 6.88. The van der Waals surface area contributed by atoms with Gasteiger partial charge in [-0.25, -0.2) is 4.39 Å². The van der Waals surface area contributed by atoms with Crippen molar-refractivity contribution in [3.63, 3.8) is 0 Å². The lowest BCUT2D eigenvalue weighted by Crippen LogP contribution is -2.23. The third-order valence-corrected chi connectivity index (χ3v) is 4.61. The topological polar surface area (TPSA) is 51.2 Å². The van der Waals surface area contributed by atoms with Crippen LogP contribution in [0.25, 0.3) is 10.9 Å². The number of halogens is 1. The van der Waals surface area contributed by atoms with E-state index >= 15 is 0 Å². The number of nitrogens with zero attached hydrogens (tertiary/aromatic N) is 1. The molecule has 3 aromatic rings. The van der Waals surface area contributed by atoms with E-state index in [9.17, 15) is 9.18 Å². The number of pyridine rings is 1. The highest BCUT2D eigenvalue weighted by molar-refractivity contribution is 5.97. The normalized spacial score (nSPS) is 10.3. The Morgan fingerprint density at radius 2 is 2.00 bits per heavy atom. The van der Waals surface area contributed by atoms with Crippen LogP contribution in [0.3, 0.4) is 0 Å². The van der Waals surface area contributed by atoms with E-state index in [1.165, 1.54) is 0 Å². The van der Waals surface area contributed by atoms with Crippen molar-refractivity contribution in [2.75, 3.05) is 6.61 Å². The Hall–Kier alpha value is -3.39. The maximum atomic E-state index is 14.7. The first-order chi connectivity index (χ1) is 14.7. The second-order valence-corrected chi connectivity index (χ2v) is 6.88. The minimum absolute atomic E-state index is 0.0732. The number of carbonyl (C=O) groups excluding carboxylic acids is 1. The van der Waals surface area contributed by atoms with Crippen molar-refractivity contribution in [3.8, 4) is 17.6 Å². The molecule has 0 saturated heterocycles. The molecule has 154 valence electrons. The maximum absolute atomic E-state index is 14.7. The summed E-state index contributed by atoms with van der Waals surface area (Å²) in [5, 5.41) is 3.65. The van der Waals surface area contributed by atoms with E-state index in [1.807, 2.05) is 12.1 Å². The number of nitrogens with one attached hydrogen (secondary N) is 1. The summed E-state index contributed by atoms with van der Waals surface area (Å²) in [4.78, 5) is 16.7. The van der Waals surface area contributed by atoms with E-state index in [1.54, 1.807) is 42.6 Å². The van der Waals surface area contributed by atoms with Gasteiger partial charge in [0, 0.05) is 42.1 Å². The lowest BCUT2D eigenvalue weighted by atomic mass is 10.1. The molecular formula is C25H25FN2O2. The fourth-order valence-electron chi connectivity index (χ4n) is 2.95. The molecule has 30 heavy (non-hydrogen) atoms. The summed E-state index contributed by atoms with van der Waals surface area (Å²) in [5.41, 5.74) is 1.70. The van der Waals surface area contributed by atoms with Gasteiger partial charge < -0.3 is 10.1 Å². The Morgan fingerprint density at radius 1 is 1.13 bits per heavy atom. The molecule has 0 fully saturated rings. The number of carbonyl (C=O) groups is 1. The molecule has 0 saturated carbocycles. The van der Waals surface area contributed by atoms with Crippen molar-refractivity contribution < 1.29 is 13.9 Å². The summed E-state index contributed by atoms with van der Waals surface area (Å²) in [6.07, 6.45) is 5.36. The van der Waals surface area contributed by atoms with Gasteiger partial charge in [-0.15, -0.1) is 5.92 Å². The van der Waals surface area contributed by atoms with Crippen molar-refractivity contribution >= 4 is 16.8 Å². The molecule has 0 radical (unpaired) electrons. The van der Waals surface area contributed by atoms with E-state index in [-0.39, 0.29) is 18.2 Å². The quantitative estimate of drug-likeness (QED) is 0.411. The van der Waals surface area contributed by atoms with Crippen molar-refractivity contribution in [1.82, 2.24) is 10.3 Å². The zero-order chi connectivity index (χ0) is 21.2. The van der Waals surface area contributed by atoms with Crippen LogP contribution in [0.4, 0.5) is 4.39 Å². The maximum Gasteiger partial charge on any atom is 0.251 e. The third kappa shape index (κ3) is 5.81. The SMILES string of the molecule is CCCCC#CCCOc1cccc(CNC(=O)c2ccc3ncccc3c2)c1F. The highest BCUT2D eigenvalue weighted by Crippen LogP contribution is 2.21. The molecule has 1 amide bonds. The van der Waals surface area contributed by atoms with Gasteiger partial charge in [0.05, 0.1) is 12.1 Å². The number of unbranched alkanes of at least 4 members (excludes halogenated alkanes) is 2. The van der Waals surface area contributed by atoms with Gasteiger partial charge in [0.25, 0.3) is 5.91 Å². The molecule has 0 bridgehead atoms. The van der Waals surface area contributed by atoms with Crippen LogP contribution in [0.15, 0.2) is 54.7 Å². The third-order valence-electron chi connectivity index (χ3n) is 4.61. The lowest BCUT2D eigenvalue weighted by molar-refractivity contribution is 0.0950. The zero-order valence-electron chi connectivity index (χ0n) is 17.1. The Balaban J connectivity index is 1.56. The summed E-state index contributed by atoms with van der Waals surface area (Å²) < 4.78 is 20.2. The summed E-state index contributed by atoms with van der Waals surface area (Å²) in [6, 6.07) is 13.9. The monoisotopic (exact) mass is 404 g/mol. The van der Waals surface area contributed by atoms with Gasteiger partial charge in [0.15, 0.2) is 11.6 Å². The fourth-order valence-corrected chi connectivity index (χ4v) is 2.95. The molecule has 0 spiro atoms. The molecule has 3 rings (SSSR count). The molecule has 0 aliphatic rings. The molecule has 0 unspecified atom stereocenters. The van der Waals surface area contributed by atoms with Crippen LogP contribution in [-0.4, -0.2) is 17.5 Å². The van der Waals surface area contributed by atoms with E-state index in [0.717, 1.165) is 30.2 Å². The molecule has 0 aliphatic heterocycles. The van der Waals surface area contributed by atoms with E-state index in [2.05, 4.69) is 29.1 Å². The molecule has 1 aromatic heterocycles. The Morgan fingerprint density at radius 3 is 2.87 bits per heavy atom. The number of aromatic nitrogens is 1. The number of rotatable bonds is 8. The van der Waals surface area contributed by atoms with E-state index in [4.69, 9.17) is 4.74 Å². The van der Waals surface area contributed by atoms with Crippen molar-refractivity contribution in [3.05, 3.63) is 71.7 Å². The Bertz CT molecular complexity index is 1070. The zero-order valence-corrected chi connectivity index (χ0v) is 17.1. The van der Waals surface area contributed by atoms with Crippen molar-refractivity contribution in [1.29, 1.82) is 0 Å². The molecule has 4 nitrogen and oxygen atoms in total. The number of hydrogen-bond acceptors (Lipinski definition) is 3. The van der Waals surface area contributed by atoms with Crippen LogP contribution in [0.5, 0.6) is 5.75 Å². The van der Waals surface area contributed by atoms with Crippen LogP contribution in [0, 0.1) is 17.7 Å². The predicted octanol–water partition coefficient (Wildman–Crippen LogP) is 5.27. The van der Waals surface area contributed by atoms with E-state index in [0.29, 0.717) is 24.2 Å². The second kappa shape index (κ2) is 11.0. The largest absolute Gasteiger partial charge is 0.490 e. The van der Waals surface area contributed by atoms with Crippen LogP contribution >= 0.6 is 0 Å². The van der Waals surface area contributed by atoms with Crippen LogP contribution in [0.1, 0.15) is 48.5 Å². The average Bonchev–Trinajstić information content (AvgIpc) is 2.78. The highest BCUT2D eigenvalue weighted by Gasteiger charge is 2.12. The minimum Gasteiger partial charge on any atom is -0.490 e. The van der Waals surface area contributed by atoms with Gasteiger partial charge in [-0.3, -0.25) is 9.78 Å². The molecule has 1 N–H and O–H groups in total. The first kappa shape index (κ1) is 21.3. The average molecular weight is 404 g/mol. The predicted molar refractivity (Wildman–Crippen MR) is 117 cm³/mol. The fraction of sp³-hybridized carbons (Fsp3) is 0.280. The Kier molecular flexibility index (Phi) is 7.79. The van der Waals surface area contributed by atoms with Crippen LogP contribution in [-0.2, 0) is 6.54 Å². The number of ether oxygens (including phenoxy) is 1. The van der Waals surface area contributed by atoms with Crippen LogP contribution < -0.4 is 10.1 Å². The van der Waals surface area contributed by atoms with Gasteiger partial charge in [-0.05, 0) is 36.8 Å². The van der Waals surface area contributed by atoms with Crippen molar-refractivity contribution in [2.45, 2.75) is 39.2 Å². The number of benzene rings is 2. The van der Waals surface area contributed by atoms with E-state index < -0.39 is 5.82 Å². The standard InChI is InChI=1S/C25H25FN2O2/c1-2-3-4-5-6-7-16-30-23-12-8-10-21(24(23)26)18-28-25(29)20-13-14-22-19(17-20)11-9-15-27-22/h8-15,17H,2-4,7,16,18H2,1H3,(H,28,29). The summed E-state index contributed by atoms with van der Waals surface area (Å²) in [5.74, 6) is 5.57. The molecule has 5 heteroatoms. The smallest absolute Gasteiger partial charge is 0.251 e. The molecule has 0 aliphatic carbocycles. The van der Waals surface area contributed by atoms with Gasteiger partial charge >= 0.3 is 0 Å². The molecule has 0 atom stereocenters.